The van der Waals surface area contributed by atoms with Crippen molar-refractivity contribution in [2.45, 2.75) is 19.9 Å². The molecule has 2 unspecified atom stereocenters. The fourth-order valence-electron chi connectivity index (χ4n) is 2.31. The van der Waals surface area contributed by atoms with Crippen molar-refractivity contribution < 1.29 is 14.7 Å². The molecule has 2 amide bonds. The molecule has 0 fully saturated rings. The average Bonchev–Trinajstić information content (AvgIpc) is 2.66. The monoisotopic (exact) mass is 340 g/mol. The van der Waals surface area contributed by atoms with Crippen LogP contribution < -0.4 is 10.6 Å². The Balaban J connectivity index is 1.88. The first kappa shape index (κ1) is 18.7. The van der Waals surface area contributed by atoms with Crippen molar-refractivity contribution in [3.05, 3.63) is 60.2 Å². The highest BCUT2D eigenvalue weighted by Crippen LogP contribution is 2.19. The lowest BCUT2D eigenvalue weighted by Gasteiger charge is -2.19. The molecule has 2 atom stereocenters. The minimum atomic E-state index is -0.294. The minimum absolute atomic E-state index is 0.00156. The van der Waals surface area contributed by atoms with Crippen molar-refractivity contribution in [2.75, 3.05) is 13.2 Å². The van der Waals surface area contributed by atoms with E-state index in [0.29, 0.717) is 5.56 Å². The van der Waals surface area contributed by atoms with Crippen LogP contribution in [0.2, 0.25) is 0 Å². The highest BCUT2D eigenvalue weighted by atomic mass is 16.3. The van der Waals surface area contributed by atoms with Crippen LogP contribution in [0.25, 0.3) is 11.1 Å². The molecule has 0 bridgehead atoms. The van der Waals surface area contributed by atoms with E-state index in [2.05, 4.69) is 10.6 Å². The van der Waals surface area contributed by atoms with Crippen molar-refractivity contribution in [3.63, 3.8) is 0 Å². The molecule has 0 aliphatic carbocycles. The van der Waals surface area contributed by atoms with Crippen LogP contribution in [-0.4, -0.2) is 36.1 Å². The van der Waals surface area contributed by atoms with Gasteiger partial charge in [0.05, 0.1) is 6.54 Å². The zero-order chi connectivity index (χ0) is 18.2. The van der Waals surface area contributed by atoms with Gasteiger partial charge in [0.2, 0.25) is 5.91 Å². The lowest BCUT2D eigenvalue weighted by Crippen LogP contribution is -2.43. The number of aliphatic hydroxyl groups excluding tert-OH is 1. The van der Waals surface area contributed by atoms with E-state index >= 15 is 0 Å². The van der Waals surface area contributed by atoms with Crippen molar-refractivity contribution >= 4 is 11.8 Å². The van der Waals surface area contributed by atoms with Crippen molar-refractivity contribution in [1.29, 1.82) is 0 Å². The number of hydrogen-bond donors (Lipinski definition) is 3. The second-order valence-electron chi connectivity index (χ2n) is 6.14. The molecule has 2 rings (SSSR count). The molecule has 0 aliphatic heterocycles. The molecule has 0 aliphatic rings. The Morgan fingerprint density at radius 3 is 2.16 bits per heavy atom. The SMILES string of the molecule is CC(CO)C(C)NC(=O)CNC(=O)c1ccc(-c2ccccc2)cc1. The molecule has 5 heteroatoms. The van der Waals surface area contributed by atoms with Crippen LogP contribution in [0, 0.1) is 5.92 Å². The predicted molar refractivity (Wildman–Crippen MR) is 98.1 cm³/mol. The largest absolute Gasteiger partial charge is 0.396 e. The Morgan fingerprint density at radius 1 is 0.960 bits per heavy atom. The zero-order valence-electron chi connectivity index (χ0n) is 14.5. The molecule has 0 radical (unpaired) electrons. The molecular weight excluding hydrogens is 316 g/mol. The number of carbonyl (C=O) groups is 2. The fraction of sp³-hybridized carbons (Fsp3) is 0.300. The van der Waals surface area contributed by atoms with Gasteiger partial charge in [-0.15, -0.1) is 0 Å². The van der Waals surface area contributed by atoms with Gasteiger partial charge in [-0.25, -0.2) is 0 Å². The Bertz CT molecular complexity index is 699. The summed E-state index contributed by atoms with van der Waals surface area (Å²) in [4.78, 5) is 24.0. The second kappa shape index (κ2) is 8.99. The third kappa shape index (κ3) is 5.43. The molecule has 0 spiro atoms. The van der Waals surface area contributed by atoms with Gasteiger partial charge < -0.3 is 15.7 Å². The zero-order valence-corrected chi connectivity index (χ0v) is 14.5. The topological polar surface area (TPSA) is 78.4 Å². The van der Waals surface area contributed by atoms with Crippen LogP contribution in [0.15, 0.2) is 54.6 Å². The first-order valence-corrected chi connectivity index (χ1v) is 8.35. The lowest BCUT2D eigenvalue weighted by atomic mass is 10.0. The standard InChI is InChI=1S/C20H24N2O3/c1-14(13-23)15(2)22-19(24)12-21-20(25)18-10-8-17(9-11-18)16-6-4-3-5-7-16/h3-11,14-15,23H,12-13H2,1-2H3,(H,21,25)(H,22,24). The minimum Gasteiger partial charge on any atom is -0.396 e. The van der Waals surface area contributed by atoms with Crippen molar-refractivity contribution in [2.24, 2.45) is 5.92 Å². The van der Waals surface area contributed by atoms with E-state index in [9.17, 15) is 9.59 Å². The van der Waals surface area contributed by atoms with E-state index in [1.165, 1.54) is 0 Å². The molecule has 0 saturated heterocycles. The van der Waals surface area contributed by atoms with Crippen LogP contribution in [0.1, 0.15) is 24.2 Å². The Kier molecular flexibility index (Phi) is 6.71. The number of hydrogen-bond acceptors (Lipinski definition) is 3. The van der Waals surface area contributed by atoms with Crippen LogP contribution in [0.4, 0.5) is 0 Å². The molecule has 5 nitrogen and oxygen atoms in total. The van der Waals surface area contributed by atoms with E-state index in [4.69, 9.17) is 5.11 Å². The van der Waals surface area contributed by atoms with Crippen molar-refractivity contribution in [1.82, 2.24) is 10.6 Å². The van der Waals surface area contributed by atoms with Crippen LogP contribution in [-0.2, 0) is 4.79 Å². The first-order valence-electron chi connectivity index (χ1n) is 8.35. The second-order valence-corrected chi connectivity index (χ2v) is 6.14. The maximum Gasteiger partial charge on any atom is 0.251 e. The summed E-state index contributed by atoms with van der Waals surface area (Å²) in [6.07, 6.45) is 0. The summed E-state index contributed by atoms with van der Waals surface area (Å²) in [6.45, 7) is 3.57. The third-order valence-electron chi connectivity index (χ3n) is 4.19. The molecule has 132 valence electrons. The summed E-state index contributed by atoms with van der Waals surface area (Å²) >= 11 is 0. The normalized spacial score (nSPS) is 12.9. The van der Waals surface area contributed by atoms with Gasteiger partial charge in [-0.05, 0) is 36.1 Å². The molecule has 0 heterocycles. The average molecular weight is 340 g/mol. The maximum atomic E-state index is 12.1. The van der Waals surface area contributed by atoms with E-state index in [0.717, 1.165) is 11.1 Å². The van der Waals surface area contributed by atoms with Gasteiger partial charge in [0.1, 0.15) is 0 Å². The molecule has 3 N–H and O–H groups in total. The molecule has 25 heavy (non-hydrogen) atoms. The lowest BCUT2D eigenvalue weighted by molar-refractivity contribution is -0.121. The van der Waals surface area contributed by atoms with Gasteiger partial charge >= 0.3 is 0 Å². The van der Waals surface area contributed by atoms with E-state index in [1.54, 1.807) is 12.1 Å². The molecule has 0 aromatic heterocycles. The number of amides is 2. The van der Waals surface area contributed by atoms with Crippen LogP contribution in [0.3, 0.4) is 0 Å². The number of benzene rings is 2. The summed E-state index contributed by atoms with van der Waals surface area (Å²) in [6, 6.07) is 17.0. The number of rotatable bonds is 7. The first-order chi connectivity index (χ1) is 12.0. The van der Waals surface area contributed by atoms with E-state index in [1.807, 2.05) is 56.3 Å². The Labute approximate surface area is 148 Å². The Morgan fingerprint density at radius 2 is 1.56 bits per heavy atom. The molecule has 2 aromatic rings. The van der Waals surface area contributed by atoms with E-state index < -0.39 is 0 Å². The van der Waals surface area contributed by atoms with Gasteiger partial charge in [0.25, 0.3) is 5.91 Å². The quantitative estimate of drug-likeness (QED) is 0.723. The van der Waals surface area contributed by atoms with Crippen molar-refractivity contribution in [3.8, 4) is 11.1 Å². The smallest absolute Gasteiger partial charge is 0.251 e. The predicted octanol–water partition coefficient (Wildman–Crippen LogP) is 2.22. The summed E-state index contributed by atoms with van der Waals surface area (Å²) in [5.41, 5.74) is 2.62. The maximum absolute atomic E-state index is 12.1. The van der Waals surface area contributed by atoms with Gasteiger partial charge in [0, 0.05) is 18.2 Å². The van der Waals surface area contributed by atoms with Crippen LogP contribution in [0.5, 0.6) is 0 Å². The third-order valence-corrected chi connectivity index (χ3v) is 4.19. The fourth-order valence-corrected chi connectivity index (χ4v) is 2.31. The number of aliphatic hydroxyl groups is 1. The number of nitrogens with one attached hydrogen (secondary N) is 2. The number of carbonyl (C=O) groups excluding carboxylic acids is 2. The highest BCUT2D eigenvalue weighted by Gasteiger charge is 2.14. The molecular formula is C20H24N2O3. The summed E-state index contributed by atoms with van der Waals surface area (Å²) in [5, 5.41) is 14.4. The van der Waals surface area contributed by atoms with Gasteiger partial charge in [0.15, 0.2) is 0 Å². The molecule has 2 aromatic carbocycles. The highest BCUT2D eigenvalue weighted by molar-refractivity contribution is 5.96. The van der Waals surface area contributed by atoms with Gasteiger partial charge in [-0.3, -0.25) is 9.59 Å². The molecule has 0 saturated carbocycles. The van der Waals surface area contributed by atoms with Gasteiger partial charge in [-0.2, -0.15) is 0 Å². The summed E-state index contributed by atoms with van der Waals surface area (Å²) < 4.78 is 0. The van der Waals surface area contributed by atoms with Crippen LogP contribution >= 0.6 is 0 Å². The van der Waals surface area contributed by atoms with Gasteiger partial charge in [-0.1, -0.05) is 49.4 Å². The summed E-state index contributed by atoms with van der Waals surface area (Å²) in [5.74, 6) is -0.607. The Hall–Kier alpha value is -2.66. The summed E-state index contributed by atoms with van der Waals surface area (Å²) in [7, 11) is 0. The van der Waals surface area contributed by atoms with E-state index in [-0.39, 0.29) is 36.9 Å².